The lowest BCUT2D eigenvalue weighted by Gasteiger charge is -2.38. The first kappa shape index (κ1) is 50.5. The third kappa shape index (κ3) is 15.6. The predicted octanol–water partition coefficient (Wildman–Crippen LogP) is 4.98. The Balaban J connectivity index is 0.000000277. The van der Waals surface area contributed by atoms with E-state index in [-0.39, 0.29) is 22.1 Å². The zero-order chi connectivity index (χ0) is 48.6. The van der Waals surface area contributed by atoms with Crippen LogP contribution in [0.3, 0.4) is 0 Å². The number of aromatic nitrogens is 2. The van der Waals surface area contributed by atoms with Gasteiger partial charge in [0.05, 0.1) is 53.7 Å². The summed E-state index contributed by atoms with van der Waals surface area (Å²) >= 11 is 0. The maximum absolute atomic E-state index is 13.0. The normalized spacial score (nSPS) is 18.4. The van der Waals surface area contributed by atoms with Gasteiger partial charge in [0.1, 0.15) is 0 Å². The van der Waals surface area contributed by atoms with Crippen molar-refractivity contribution in [3.05, 3.63) is 107 Å². The van der Waals surface area contributed by atoms with Crippen LogP contribution < -0.4 is 21.7 Å². The zero-order valence-electron chi connectivity index (χ0n) is 37.5. The van der Waals surface area contributed by atoms with E-state index in [1.165, 1.54) is 48.3 Å². The van der Waals surface area contributed by atoms with Crippen LogP contribution >= 0.6 is 0 Å². The van der Waals surface area contributed by atoms with Crippen LogP contribution in [0.25, 0.3) is 0 Å². The van der Waals surface area contributed by atoms with Crippen molar-refractivity contribution < 1.29 is 51.7 Å². The van der Waals surface area contributed by atoms with Crippen molar-refractivity contribution in [1.29, 1.82) is 0 Å². The van der Waals surface area contributed by atoms with Crippen molar-refractivity contribution in [2.24, 2.45) is 17.6 Å². The second-order valence-electron chi connectivity index (χ2n) is 15.7. The number of carbonyl (C=O) groups excluding carboxylic acids is 4. The molecule has 2 aromatic heterocycles. The highest BCUT2D eigenvalue weighted by atomic mass is 32.2. The molecule has 6 rings (SSSR count). The van der Waals surface area contributed by atoms with E-state index in [1.807, 2.05) is 32.9 Å². The summed E-state index contributed by atoms with van der Waals surface area (Å²) < 4.78 is 62.4. The number of sulfone groups is 2. The number of pyridine rings is 2. The number of anilines is 2. The van der Waals surface area contributed by atoms with Crippen molar-refractivity contribution in [1.82, 2.24) is 20.2 Å². The molecular formula is C44H56FN7O10S2. The fourth-order valence-electron chi connectivity index (χ4n) is 6.78. The molecular weight excluding hydrogens is 870 g/mol. The van der Waals surface area contributed by atoms with E-state index < -0.39 is 62.5 Å². The van der Waals surface area contributed by atoms with Gasteiger partial charge in [0.15, 0.2) is 19.7 Å². The Morgan fingerprint density at radius 1 is 0.812 bits per heavy atom. The molecule has 20 heteroatoms. The number of halogens is 1. The van der Waals surface area contributed by atoms with Crippen molar-refractivity contribution in [2.45, 2.75) is 75.3 Å². The molecule has 4 heterocycles. The van der Waals surface area contributed by atoms with Crippen LogP contribution in [0.2, 0.25) is 0 Å². The molecule has 0 aliphatic carbocycles. The van der Waals surface area contributed by atoms with E-state index >= 15 is 0 Å². The number of nitrogens with zero attached hydrogens (tertiary/aromatic N) is 3. The third-order valence-electron chi connectivity index (χ3n) is 10.4. The zero-order valence-corrected chi connectivity index (χ0v) is 38.1. The Morgan fingerprint density at radius 3 is 1.92 bits per heavy atom. The van der Waals surface area contributed by atoms with Gasteiger partial charge in [0.2, 0.25) is 5.91 Å². The molecule has 4 amide bonds. The number of carboxylic acids is 1. The van der Waals surface area contributed by atoms with Crippen molar-refractivity contribution in [3.63, 3.8) is 0 Å². The van der Waals surface area contributed by atoms with E-state index in [0.29, 0.717) is 41.1 Å². The minimum atomic E-state index is -3.41. The minimum Gasteiger partial charge on any atom is -0.474 e. The van der Waals surface area contributed by atoms with Crippen LogP contribution in [0, 0.1) is 25.7 Å². The number of likely N-dealkylation sites (tertiary alicyclic amines) is 1. The molecule has 346 valence electrons. The molecule has 0 saturated carbocycles. The number of benzene rings is 2. The second-order valence-corrected chi connectivity index (χ2v) is 19.7. The Kier molecular flexibility index (Phi) is 18.6. The molecule has 2 aliphatic heterocycles. The molecule has 2 aliphatic rings. The smallest absolute Gasteiger partial charge is 0.394 e. The summed E-state index contributed by atoms with van der Waals surface area (Å²) in [6.45, 7) is 9.25. The van der Waals surface area contributed by atoms with E-state index in [9.17, 15) is 45.2 Å². The Labute approximate surface area is 374 Å². The number of hydrogen-bond acceptors (Lipinski definition) is 12. The van der Waals surface area contributed by atoms with Crippen LogP contribution in [0.1, 0.15) is 85.7 Å². The van der Waals surface area contributed by atoms with Gasteiger partial charge < -0.3 is 31.7 Å². The van der Waals surface area contributed by atoms with E-state index in [2.05, 4.69) is 32.8 Å². The van der Waals surface area contributed by atoms with E-state index in [0.717, 1.165) is 42.5 Å². The number of amides is 4. The first-order valence-electron chi connectivity index (χ1n) is 20.7. The van der Waals surface area contributed by atoms with Crippen molar-refractivity contribution in [3.8, 4) is 0 Å². The van der Waals surface area contributed by atoms with Crippen molar-refractivity contribution in [2.75, 3.05) is 43.4 Å². The van der Waals surface area contributed by atoms with E-state index in [4.69, 9.17) is 12.2 Å². The van der Waals surface area contributed by atoms with Gasteiger partial charge >= 0.3 is 23.7 Å². The lowest BCUT2D eigenvalue weighted by Crippen LogP contribution is -2.46. The van der Waals surface area contributed by atoms with Crippen LogP contribution in [-0.4, -0.2) is 99.2 Å². The monoisotopic (exact) mass is 926 g/mol. The summed E-state index contributed by atoms with van der Waals surface area (Å²) in [5.74, 6) is -3.99. The number of rotatable bonds is 7. The van der Waals surface area contributed by atoms with Crippen LogP contribution in [0.15, 0.2) is 89.0 Å². The van der Waals surface area contributed by atoms with Gasteiger partial charge in [-0.2, -0.15) is 0 Å². The standard InChI is InChI=1S/C21H24N4O5S.C13H19NO2S.C9H10N2O3.CH3F/c1-13-6-7-18(14-4-3-5-17(9-14)31(2,29)30)25(12-13)21(28)20(27)24-16-8-15(19(22)26)10-23-11-16;1-10-6-7-13(14-9-10)11-4-3-5-12(8-11)17(2,15)16;1-5-3-7(4-10-6(5)2)11-8(12)9(13)14;1-2/h3-5,8-11,13,18H,6-7,12H2,1-2H3,(H2,22,26)(H,24,27);3-5,8,10,13-14H,6-7,9H2,1-2H3;3-4H,1-2H3,(H,11,12)(H,13,14);1H3/t13-,18+;10-,13+;;/m11../s1/i;;;1D. The molecule has 4 atom stereocenters. The Hall–Kier alpha value is -6.12. The van der Waals surface area contributed by atoms with Gasteiger partial charge in [-0.1, -0.05) is 38.1 Å². The number of carboxylic acid groups (broad SMARTS) is 1. The molecule has 0 radical (unpaired) electrons. The molecule has 0 spiro atoms. The number of aliphatic carboxylic acids is 1. The summed E-state index contributed by atoms with van der Waals surface area (Å²) in [5, 5.41) is 16.5. The van der Waals surface area contributed by atoms with Gasteiger partial charge in [-0.05, 0) is 111 Å². The number of primary amides is 1. The first-order valence-corrected chi connectivity index (χ1v) is 23.8. The number of carbonyl (C=O) groups is 5. The molecule has 4 aromatic rings. The molecule has 2 saturated heterocycles. The van der Waals surface area contributed by atoms with Crippen LogP contribution in [-0.2, 0) is 38.9 Å². The molecule has 64 heavy (non-hydrogen) atoms. The molecule has 17 nitrogen and oxygen atoms in total. The number of hydrogen-bond donors (Lipinski definition) is 5. The fraction of sp³-hybridized carbons (Fsp3) is 0.386. The van der Waals surface area contributed by atoms with Gasteiger partial charge in [-0.15, -0.1) is 0 Å². The predicted molar refractivity (Wildman–Crippen MR) is 239 cm³/mol. The van der Waals surface area contributed by atoms with Gasteiger partial charge in [-0.25, -0.2) is 21.6 Å². The van der Waals surface area contributed by atoms with Gasteiger partial charge in [0, 0.05) is 37.0 Å². The Bertz CT molecular complexity index is 2560. The highest BCUT2D eigenvalue weighted by Crippen LogP contribution is 2.34. The second kappa shape index (κ2) is 23.5. The summed E-state index contributed by atoms with van der Waals surface area (Å²) in [7, 11) is -7.51. The Morgan fingerprint density at radius 2 is 1.38 bits per heavy atom. The summed E-state index contributed by atoms with van der Waals surface area (Å²) in [5.41, 5.74) is 9.38. The van der Waals surface area contributed by atoms with Gasteiger partial charge in [-0.3, -0.25) is 33.5 Å². The summed E-state index contributed by atoms with van der Waals surface area (Å²) in [6.07, 6.45) is 10.1. The summed E-state index contributed by atoms with van der Waals surface area (Å²) in [6, 6.07) is 16.6. The molecule has 2 fully saturated rings. The number of piperidine rings is 2. The van der Waals surface area contributed by atoms with Crippen LogP contribution in [0.4, 0.5) is 15.8 Å². The molecule has 0 unspecified atom stereocenters. The third-order valence-corrected chi connectivity index (χ3v) is 12.6. The lowest BCUT2D eigenvalue weighted by molar-refractivity contribution is -0.147. The first-order chi connectivity index (χ1) is 30.4. The quantitative estimate of drug-likeness (QED) is 0.153. The van der Waals surface area contributed by atoms with Gasteiger partial charge in [0.25, 0.3) is 0 Å². The highest BCUT2D eigenvalue weighted by Gasteiger charge is 2.35. The molecule has 6 N–H and O–H groups in total. The molecule has 2 aromatic carbocycles. The number of alkyl halides is 1. The maximum Gasteiger partial charge on any atom is 0.394 e. The summed E-state index contributed by atoms with van der Waals surface area (Å²) in [4.78, 5) is 67.8. The van der Waals surface area contributed by atoms with Crippen LogP contribution in [0.5, 0.6) is 0 Å². The fourth-order valence-corrected chi connectivity index (χ4v) is 8.13. The largest absolute Gasteiger partial charge is 0.474 e. The maximum atomic E-state index is 13.0. The van der Waals surface area contributed by atoms with E-state index in [1.54, 1.807) is 36.4 Å². The highest BCUT2D eigenvalue weighted by molar-refractivity contribution is 7.91. The average Bonchev–Trinajstić information content (AvgIpc) is 3.25. The minimum absolute atomic E-state index is 0.104. The number of aryl methyl sites for hydroxylation is 2. The number of nitrogens with two attached hydrogens (primary N) is 1. The van der Waals surface area contributed by atoms with Crippen molar-refractivity contribution >= 4 is 60.6 Å². The number of nitrogens with one attached hydrogen (secondary N) is 3. The lowest BCUT2D eigenvalue weighted by atomic mass is 9.90. The SMILES string of the molecule is C[C@@H]1CC[C@@H](c2cccc(S(C)(=O)=O)c2)N(C(=O)C(=O)Nc2cncc(C(N)=O)c2)C1.C[C@@H]1CC[C@@H](c2cccc(S(C)(=O)=O)c2)NC1.Cc1cc(NC(=O)C(=O)O)cnc1C.[2H]CF. The molecule has 0 bridgehead atoms. The average molecular weight is 927 g/mol. The topological polar surface area (TPSA) is 265 Å².